The molecule has 0 spiro atoms. The smallest absolute Gasteiger partial charge is 0.314 e. The van der Waals surface area contributed by atoms with Gasteiger partial charge in [-0.2, -0.15) is 13.2 Å². The standard InChI is InChI=1S/C11H14F3N3O2S.2ClH/c12-11(13,14)7-8(16-5-3-15-4-6-16)9-1-2-10(20-9)17(18)19;;/h1-2,8,15H,3-7H2;2*1H/t8-;;/m0../s1. The number of nitrogens with zero attached hydrogens (tertiary/aromatic N) is 2. The lowest BCUT2D eigenvalue weighted by molar-refractivity contribution is -0.380. The van der Waals surface area contributed by atoms with Crippen LogP contribution in [0.3, 0.4) is 0 Å². The van der Waals surface area contributed by atoms with Crippen LogP contribution in [-0.4, -0.2) is 42.2 Å². The van der Waals surface area contributed by atoms with Crippen LogP contribution >= 0.6 is 36.2 Å². The molecule has 1 aromatic heterocycles. The monoisotopic (exact) mass is 381 g/mol. The predicted octanol–water partition coefficient (Wildman–Crippen LogP) is 3.40. The Morgan fingerprint density at radius 1 is 1.32 bits per heavy atom. The van der Waals surface area contributed by atoms with E-state index in [2.05, 4.69) is 5.32 Å². The second-order valence-corrected chi connectivity index (χ2v) is 5.65. The van der Waals surface area contributed by atoms with Crippen molar-refractivity contribution in [2.45, 2.75) is 18.6 Å². The Labute approximate surface area is 141 Å². The van der Waals surface area contributed by atoms with Gasteiger partial charge in [-0.1, -0.05) is 11.3 Å². The van der Waals surface area contributed by atoms with Gasteiger partial charge in [-0.3, -0.25) is 15.0 Å². The molecule has 128 valence electrons. The fourth-order valence-electron chi connectivity index (χ4n) is 2.24. The molecule has 1 fully saturated rings. The maximum Gasteiger partial charge on any atom is 0.390 e. The molecule has 0 aliphatic carbocycles. The van der Waals surface area contributed by atoms with Crippen LogP contribution in [0.4, 0.5) is 18.2 Å². The van der Waals surface area contributed by atoms with Crippen molar-refractivity contribution >= 4 is 41.2 Å². The number of nitrogens with one attached hydrogen (secondary N) is 1. The lowest BCUT2D eigenvalue weighted by Crippen LogP contribution is -2.45. The normalized spacial score (nSPS) is 17.2. The average molecular weight is 382 g/mol. The third kappa shape index (κ3) is 5.88. The van der Waals surface area contributed by atoms with Gasteiger partial charge in [0.2, 0.25) is 0 Å². The molecule has 0 unspecified atom stereocenters. The summed E-state index contributed by atoms with van der Waals surface area (Å²) in [6, 6.07) is 1.86. The van der Waals surface area contributed by atoms with Crippen molar-refractivity contribution in [2.24, 2.45) is 0 Å². The maximum atomic E-state index is 12.7. The van der Waals surface area contributed by atoms with E-state index in [9.17, 15) is 23.3 Å². The third-order valence-electron chi connectivity index (χ3n) is 3.14. The number of piperazine rings is 1. The molecule has 1 aliphatic rings. The second-order valence-electron chi connectivity index (χ2n) is 4.55. The lowest BCUT2D eigenvalue weighted by Gasteiger charge is -2.34. The fraction of sp³-hybridized carbons (Fsp3) is 0.636. The van der Waals surface area contributed by atoms with E-state index in [0.29, 0.717) is 31.1 Å². The van der Waals surface area contributed by atoms with Crippen LogP contribution < -0.4 is 5.32 Å². The molecule has 1 N–H and O–H groups in total. The lowest BCUT2D eigenvalue weighted by atomic mass is 10.1. The fourth-order valence-corrected chi connectivity index (χ4v) is 3.20. The summed E-state index contributed by atoms with van der Waals surface area (Å²) in [6.45, 7) is 2.27. The molecule has 0 radical (unpaired) electrons. The van der Waals surface area contributed by atoms with Gasteiger partial charge in [0.05, 0.1) is 17.4 Å². The van der Waals surface area contributed by atoms with Crippen LogP contribution in [0.25, 0.3) is 0 Å². The Hall–Kier alpha value is -0.610. The molecule has 1 atom stereocenters. The topological polar surface area (TPSA) is 58.4 Å². The summed E-state index contributed by atoms with van der Waals surface area (Å²) in [5, 5.41) is 13.6. The highest BCUT2D eigenvalue weighted by molar-refractivity contribution is 7.15. The molecule has 5 nitrogen and oxygen atoms in total. The van der Waals surface area contributed by atoms with Gasteiger partial charge in [-0.15, -0.1) is 24.8 Å². The number of halogens is 5. The highest BCUT2D eigenvalue weighted by Gasteiger charge is 2.37. The van der Waals surface area contributed by atoms with Crippen LogP contribution in [0, 0.1) is 10.1 Å². The van der Waals surface area contributed by atoms with Gasteiger partial charge < -0.3 is 5.32 Å². The summed E-state index contributed by atoms with van der Waals surface area (Å²) in [7, 11) is 0. The van der Waals surface area contributed by atoms with Crippen molar-refractivity contribution in [1.29, 1.82) is 0 Å². The minimum absolute atomic E-state index is 0. The minimum atomic E-state index is -4.30. The van der Waals surface area contributed by atoms with E-state index in [-0.39, 0.29) is 29.8 Å². The Morgan fingerprint density at radius 3 is 2.36 bits per heavy atom. The summed E-state index contributed by atoms with van der Waals surface area (Å²) >= 11 is 0.822. The van der Waals surface area contributed by atoms with Gasteiger partial charge in [0.1, 0.15) is 0 Å². The van der Waals surface area contributed by atoms with Crippen LogP contribution in [0.1, 0.15) is 17.3 Å². The zero-order chi connectivity index (χ0) is 14.8. The van der Waals surface area contributed by atoms with Crippen molar-refractivity contribution in [1.82, 2.24) is 10.2 Å². The first kappa shape index (κ1) is 21.4. The Balaban J connectivity index is 0.00000220. The molecule has 0 aromatic carbocycles. The number of nitro groups is 1. The zero-order valence-corrected chi connectivity index (χ0v) is 13.8. The van der Waals surface area contributed by atoms with Crippen LogP contribution in [0.2, 0.25) is 0 Å². The van der Waals surface area contributed by atoms with Gasteiger partial charge in [0.25, 0.3) is 0 Å². The molecule has 2 rings (SSSR count). The largest absolute Gasteiger partial charge is 0.390 e. The molecule has 22 heavy (non-hydrogen) atoms. The molecule has 1 saturated heterocycles. The first-order valence-electron chi connectivity index (χ1n) is 6.12. The van der Waals surface area contributed by atoms with Crippen LogP contribution in [0.15, 0.2) is 12.1 Å². The van der Waals surface area contributed by atoms with Crippen molar-refractivity contribution < 1.29 is 18.1 Å². The first-order chi connectivity index (χ1) is 9.37. The number of hydrogen-bond acceptors (Lipinski definition) is 5. The summed E-state index contributed by atoms with van der Waals surface area (Å²) in [4.78, 5) is 12.2. The molecular weight excluding hydrogens is 366 g/mol. The molecule has 11 heteroatoms. The van der Waals surface area contributed by atoms with Gasteiger partial charge in [-0.25, -0.2) is 0 Å². The molecule has 0 saturated carbocycles. The Morgan fingerprint density at radius 2 is 1.91 bits per heavy atom. The van der Waals surface area contributed by atoms with Gasteiger partial charge in [0, 0.05) is 37.1 Å². The summed E-state index contributed by atoms with van der Waals surface area (Å²) in [5.41, 5.74) is 0. The molecule has 2 heterocycles. The second kappa shape index (κ2) is 8.88. The third-order valence-corrected chi connectivity index (χ3v) is 4.28. The van der Waals surface area contributed by atoms with Crippen molar-refractivity contribution in [3.63, 3.8) is 0 Å². The van der Waals surface area contributed by atoms with Crippen LogP contribution in [-0.2, 0) is 0 Å². The van der Waals surface area contributed by atoms with Gasteiger partial charge >= 0.3 is 11.2 Å². The summed E-state index contributed by atoms with van der Waals surface area (Å²) < 4.78 is 38.2. The Bertz CT molecular complexity index is 481. The molecule has 0 amide bonds. The number of thiophene rings is 1. The van der Waals surface area contributed by atoms with Crippen molar-refractivity contribution in [3.05, 3.63) is 27.1 Å². The Kier molecular flexibility index (Phi) is 8.63. The maximum absolute atomic E-state index is 12.7. The van der Waals surface area contributed by atoms with E-state index in [1.54, 1.807) is 4.90 Å². The summed E-state index contributed by atoms with van der Waals surface area (Å²) in [6.07, 6.45) is -5.28. The van der Waals surface area contributed by atoms with Gasteiger partial charge in [-0.05, 0) is 6.07 Å². The quantitative estimate of drug-likeness (QED) is 0.641. The summed E-state index contributed by atoms with van der Waals surface area (Å²) in [5.74, 6) is 0. The van der Waals surface area contributed by atoms with E-state index < -0.39 is 23.6 Å². The van der Waals surface area contributed by atoms with E-state index in [4.69, 9.17) is 0 Å². The van der Waals surface area contributed by atoms with Gasteiger partial charge in [0.15, 0.2) is 0 Å². The SMILES string of the molecule is Cl.Cl.O=[N+]([O-])c1ccc([C@H](CC(F)(F)F)N2CCNCC2)s1. The number of rotatable bonds is 4. The van der Waals surface area contributed by atoms with Crippen molar-refractivity contribution in [3.8, 4) is 0 Å². The zero-order valence-electron chi connectivity index (χ0n) is 11.3. The van der Waals surface area contributed by atoms with E-state index in [1.165, 1.54) is 12.1 Å². The van der Waals surface area contributed by atoms with E-state index >= 15 is 0 Å². The highest BCUT2D eigenvalue weighted by Crippen LogP contribution is 2.38. The average Bonchev–Trinajstić information content (AvgIpc) is 2.85. The van der Waals surface area contributed by atoms with E-state index in [0.717, 1.165) is 11.3 Å². The molecular formula is C11H16Cl2F3N3O2S. The predicted molar refractivity (Wildman–Crippen MR) is 83.3 cm³/mol. The number of hydrogen-bond donors (Lipinski definition) is 1. The van der Waals surface area contributed by atoms with E-state index in [1.807, 2.05) is 0 Å². The first-order valence-corrected chi connectivity index (χ1v) is 6.94. The van der Waals surface area contributed by atoms with Crippen molar-refractivity contribution in [2.75, 3.05) is 26.2 Å². The number of alkyl halides is 3. The highest BCUT2D eigenvalue weighted by atomic mass is 35.5. The molecule has 1 aromatic rings. The molecule has 0 bridgehead atoms. The van der Waals surface area contributed by atoms with Crippen LogP contribution in [0.5, 0.6) is 0 Å². The minimum Gasteiger partial charge on any atom is -0.314 e. The molecule has 1 aliphatic heterocycles.